The van der Waals surface area contributed by atoms with Crippen LogP contribution in [-0.4, -0.2) is 28.6 Å². The second kappa shape index (κ2) is 5.17. The van der Waals surface area contributed by atoms with Gasteiger partial charge in [-0.25, -0.2) is 9.78 Å². The average Bonchev–Trinajstić information content (AvgIpc) is 3.02. The smallest absolute Gasteiger partial charge is 0.328 e. The molecule has 2 aromatic rings. The minimum absolute atomic E-state index is 0.130. The van der Waals surface area contributed by atoms with Gasteiger partial charge in [-0.1, -0.05) is 18.2 Å². The molecular formula is C14H13N3O3S. The summed E-state index contributed by atoms with van der Waals surface area (Å²) >= 11 is 1.38. The lowest BCUT2D eigenvalue weighted by Crippen LogP contribution is -2.35. The number of carboxylic acid groups (broad SMARTS) is 1. The summed E-state index contributed by atoms with van der Waals surface area (Å²) in [6, 6.07) is 6.71. The third-order valence-corrected chi connectivity index (χ3v) is 4.17. The van der Waals surface area contributed by atoms with Gasteiger partial charge < -0.3 is 5.11 Å². The van der Waals surface area contributed by atoms with E-state index in [1.54, 1.807) is 30.5 Å². The minimum atomic E-state index is -0.928. The Morgan fingerprint density at radius 2 is 2.19 bits per heavy atom. The van der Waals surface area contributed by atoms with Gasteiger partial charge in [0.1, 0.15) is 5.92 Å². The molecule has 108 valence electrons. The Hall–Kier alpha value is -2.41. The van der Waals surface area contributed by atoms with Crippen LogP contribution in [-0.2, 0) is 4.79 Å². The van der Waals surface area contributed by atoms with Gasteiger partial charge in [0.05, 0.1) is 0 Å². The van der Waals surface area contributed by atoms with Crippen molar-refractivity contribution in [3.63, 3.8) is 0 Å². The molecule has 0 radical (unpaired) electrons. The van der Waals surface area contributed by atoms with Crippen molar-refractivity contribution in [2.45, 2.75) is 12.8 Å². The van der Waals surface area contributed by atoms with Crippen molar-refractivity contribution in [2.24, 2.45) is 0 Å². The fraction of sp³-hybridized carbons (Fsp3) is 0.214. The Kier molecular flexibility index (Phi) is 3.34. The van der Waals surface area contributed by atoms with Crippen molar-refractivity contribution in [1.29, 1.82) is 0 Å². The SMILES string of the molecule is Cc1cnc(NC(=O)N2CC(C(=O)O)c3ccccc32)s1. The highest BCUT2D eigenvalue weighted by Gasteiger charge is 2.36. The van der Waals surface area contributed by atoms with Gasteiger partial charge in [0, 0.05) is 23.3 Å². The van der Waals surface area contributed by atoms with E-state index in [9.17, 15) is 14.7 Å². The molecule has 0 spiro atoms. The zero-order valence-corrected chi connectivity index (χ0v) is 12.1. The molecule has 2 heterocycles. The van der Waals surface area contributed by atoms with Crippen LogP contribution in [0.5, 0.6) is 0 Å². The van der Waals surface area contributed by atoms with E-state index in [4.69, 9.17) is 0 Å². The first kappa shape index (κ1) is 13.6. The third kappa shape index (κ3) is 2.47. The Morgan fingerprint density at radius 1 is 1.43 bits per heavy atom. The number of nitrogens with zero attached hydrogens (tertiary/aromatic N) is 2. The summed E-state index contributed by atoms with van der Waals surface area (Å²) in [4.78, 5) is 30.2. The van der Waals surface area contributed by atoms with Crippen molar-refractivity contribution in [3.05, 3.63) is 40.9 Å². The van der Waals surface area contributed by atoms with E-state index >= 15 is 0 Å². The van der Waals surface area contributed by atoms with Gasteiger partial charge >= 0.3 is 12.0 Å². The summed E-state index contributed by atoms with van der Waals surface area (Å²) in [5.74, 6) is -1.62. The van der Waals surface area contributed by atoms with Crippen LogP contribution in [0.15, 0.2) is 30.5 Å². The number of carbonyl (C=O) groups excluding carboxylic acids is 1. The Bertz CT molecular complexity index is 713. The quantitative estimate of drug-likeness (QED) is 0.893. The second-order valence-electron chi connectivity index (χ2n) is 4.77. The molecule has 1 aliphatic rings. The van der Waals surface area contributed by atoms with Crippen LogP contribution < -0.4 is 10.2 Å². The largest absolute Gasteiger partial charge is 0.481 e. The number of rotatable bonds is 2. The zero-order valence-electron chi connectivity index (χ0n) is 11.2. The lowest BCUT2D eigenvalue weighted by molar-refractivity contribution is -0.138. The van der Waals surface area contributed by atoms with Gasteiger partial charge in [0.2, 0.25) is 0 Å². The van der Waals surface area contributed by atoms with Crippen molar-refractivity contribution < 1.29 is 14.7 Å². The monoisotopic (exact) mass is 303 g/mol. The number of hydrogen-bond donors (Lipinski definition) is 2. The number of para-hydroxylation sites is 1. The Labute approximate surface area is 125 Å². The number of aliphatic carboxylic acids is 1. The molecule has 1 aromatic carbocycles. The maximum Gasteiger partial charge on any atom is 0.328 e. The topological polar surface area (TPSA) is 82.5 Å². The molecule has 1 unspecified atom stereocenters. The Balaban J connectivity index is 1.86. The molecule has 2 N–H and O–H groups in total. The van der Waals surface area contributed by atoms with Crippen LogP contribution >= 0.6 is 11.3 Å². The van der Waals surface area contributed by atoms with Gasteiger partial charge in [0.25, 0.3) is 0 Å². The third-order valence-electron chi connectivity index (χ3n) is 3.35. The van der Waals surface area contributed by atoms with Crippen molar-refractivity contribution in [3.8, 4) is 0 Å². The van der Waals surface area contributed by atoms with E-state index in [1.165, 1.54) is 16.2 Å². The molecule has 3 rings (SSSR count). The lowest BCUT2D eigenvalue weighted by atomic mass is 10.0. The van der Waals surface area contributed by atoms with Gasteiger partial charge in [-0.15, -0.1) is 11.3 Å². The van der Waals surface area contributed by atoms with Crippen LogP contribution in [0.25, 0.3) is 0 Å². The molecule has 7 heteroatoms. The van der Waals surface area contributed by atoms with Crippen LogP contribution in [0.2, 0.25) is 0 Å². The summed E-state index contributed by atoms with van der Waals surface area (Å²) in [6.45, 7) is 2.03. The molecule has 0 aliphatic carbocycles. The van der Waals surface area contributed by atoms with Gasteiger partial charge in [-0.2, -0.15) is 0 Å². The highest BCUT2D eigenvalue weighted by molar-refractivity contribution is 7.15. The molecule has 0 saturated heterocycles. The maximum absolute atomic E-state index is 12.3. The molecule has 0 bridgehead atoms. The number of carboxylic acids is 1. The number of nitrogens with one attached hydrogen (secondary N) is 1. The second-order valence-corrected chi connectivity index (χ2v) is 6.00. The number of anilines is 2. The zero-order chi connectivity index (χ0) is 15.0. The fourth-order valence-corrected chi connectivity index (χ4v) is 3.04. The first-order valence-electron chi connectivity index (χ1n) is 6.39. The maximum atomic E-state index is 12.3. The molecule has 1 aromatic heterocycles. The predicted octanol–water partition coefficient (Wildman–Crippen LogP) is 2.67. The van der Waals surface area contributed by atoms with Crippen LogP contribution in [0, 0.1) is 6.92 Å². The number of aromatic nitrogens is 1. The number of hydrogen-bond acceptors (Lipinski definition) is 4. The highest BCUT2D eigenvalue weighted by atomic mass is 32.1. The first-order valence-corrected chi connectivity index (χ1v) is 7.20. The highest BCUT2D eigenvalue weighted by Crippen LogP contribution is 2.36. The van der Waals surface area contributed by atoms with E-state index in [2.05, 4.69) is 10.3 Å². The summed E-state index contributed by atoms with van der Waals surface area (Å²) in [5, 5.41) is 12.5. The number of amides is 2. The Morgan fingerprint density at radius 3 is 2.86 bits per heavy atom. The standard InChI is InChI=1S/C14H13N3O3S/c1-8-6-15-13(21-8)16-14(20)17-7-10(12(18)19)9-4-2-3-5-11(9)17/h2-6,10H,7H2,1H3,(H,18,19)(H,15,16,20). The van der Waals surface area contributed by atoms with Gasteiger partial charge in [0.15, 0.2) is 5.13 Å². The number of fused-ring (bicyclic) bond motifs is 1. The van der Waals surface area contributed by atoms with Crippen LogP contribution in [0.1, 0.15) is 16.4 Å². The summed E-state index contributed by atoms with van der Waals surface area (Å²) in [7, 11) is 0. The van der Waals surface area contributed by atoms with E-state index in [0.717, 1.165) is 4.88 Å². The van der Waals surface area contributed by atoms with E-state index in [-0.39, 0.29) is 12.6 Å². The predicted molar refractivity (Wildman–Crippen MR) is 80.0 cm³/mol. The van der Waals surface area contributed by atoms with Crippen molar-refractivity contribution in [1.82, 2.24) is 4.98 Å². The minimum Gasteiger partial charge on any atom is -0.481 e. The van der Waals surface area contributed by atoms with Crippen LogP contribution in [0.4, 0.5) is 15.6 Å². The van der Waals surface area contributed by atoms with E-state index in [0.29, 0.717) is 16.4 Å². The molecule has 1 aliphatic heterocycles. The number of thiazole rings is 1. The van der Waals surface area contributed by atoms with Crippen molar-refractivity contribution >= 4 is 34.2 Å². The molecule has 21 heavy (non-hydrogen) atoms. The van der Waals surface area contributed by atoms with Crippen molar-refractivity contribution in [2.75, 3.05) is 16.8 Å². The number of carbonyl (C=O) groups is 2. The number of benzene rings is 1. The van der Waals surface area contributed by atoms with E-state index in [1.807, 2.05) is 6.92 Å². The molecular weight excluding hydrogens is 290 g/mol. The summed E-state index contributed by atoms with van der Waals surface area (Å²) in [5.41, 5.74) is 1.30. The molecule has 6 nitrogen and oxygen atoms in total. The number of urea groups is 1. The molecule has 0 fully saturated rings. The summed E-state index contributed by atoms with van der Waals surface area (Å²) in [6.07, 6.45) is 1.68. The normalized spacial score (nSPS) is 16.6. The van der Waals surface area contributed by atoms with E-state index < -0.39 is 11.9 Å². The van der Waals surface area contributed by atoms with Gasteiger partial charge in [-0.05, 0) is 18.6 Å². The van der Waals surface area contributed by atoms with Crippen LogP contribution in [0.3, 0.4) is 0 Å². The number of aryl methyl sites for hydroxylation is 1. The first-order chi connectivity index (χ1) is 10.1. The summed E-state index contributed by atoms with van der Waals surface area (Å²) < 4.78 is 0. The van der Waals surface area contributed by atoms with Gasteiger partial charge in [-0.3, -0.25) is 15.0 Å². The fourth-order valence-electron chi connectivity index (χ4n) is 2.38. The molecule has 1 atom stereocenters. The lowest BCUT2D eigenvalue weighted by Gasteiger charge is -2.17. The average molecular weight is 303 g/mol. The molecule has 2 amide bonds. The molecule has 0 saturated carbocycles.